The summed E-state index contributed by atoms with van der Waals surface area (Å²) in [6.07, 6.45) is -1.46. The van der Waals surface area contributed by atoms with Crippen LogP contribution in [0, 0.1) is 0 Å². The van der Waals surface area contributed by atoms with E-state index in [4.69, 9.17) is 4.89 Å². The van der Waals surface area contributed by atoms with E-state index in [1.807, 2.05) is 0 Å². The fraction of sp³-hybridized carbons (Fsp3) is 0.333. The van der Waals surface area contributed by atoms with E-state index < -0.39 is 14.1 Å². The Kier molecular flexibility index (Phi) is 4.45. The van der Waals surface area contributed by atoms with E-state index >= 15 is 0 Å². The molecule has 0 aromatic heterocycles. The van der Waals surface area contributed by atoms with Gasteiger partial charge in [0.05, 0.1) is 6.61 Å². The largest absolute Gasteiger partial charge is 0.474 e. The molecule has 2 unspecified atom stereocenters. The van der Waals surface area contributed by atoms with Crippen molar-refractivity contribution in [3.63, 3.8) is 0 Å². The first-order valence-corrected chi connectivity index (χ1v) is 5.93. The SMILES string of the molecule is CCOP(=O)(O)OC(O)c1ccccc1. The lowest BCUT2D eigenvalue weighted by Gasteiger charge is -2.15. The third kappa shape index (κ3) is 4.11. The molecule has 0 radical (unpaired) electrons. The van der Waals surface area contributed by atoms with E-state index in [0.717, 1.165) is 0 Å². The normalized spacial score (nSPS) is 17.0. The van der Waals surface area contributed by atoms with Gasteiger partial charge < -0.3 is 10.00 Å². The molecule has 0 spiro atoms. The van der Waals surface area contributed by atoms with Crippen LogP contribution in [0.2, 0.25) is 0 Å². The summed E-state index contributed by atoms with van der Waals surface area (Å²) in [5.41, 5.74) is 0.395. The highest BCUT2D eigenvalue weighted by Gasteiger charge is 2.25. The van der Waals surface area contributed by atoms with Crippen molar-refractivity contribution < 1.29 is 23.6 Å². The van der Waals surface area contributed by atoms with Crippen LogP contribution in [0.5, 0.6) is 0 Å². The highest BCUT2D eigenvalue weighted by molar-refractivity contribution is 7.47. The third-order valence-electron chi connectivity index (χ3n) is 1.61. The van der Waals surface area contributed by atoms with Gasteiger partial charge in [0.1, 0.15) is 0 Å². The maximum atomic E-state index is 11.1. The van der Waals surface area contributed by atoms with E-state index in [-0.39, 0.29) is 6.61 Å². The first-order chi connectivity index (χ1) is 7.05. The van der Waals surface area contributed by atoms with Gasteiger partial charge in [0.2, 0.25) is 0 Å². The first-order valence-electron chi connectivity index (χ1n) is 4.44. The zero-order chi connectivity index (χ0) is 11.3. The molecule has 1 aromatic rings. The summed E-state index contributed by atoms with van der Waals surface area (Å²) in [5.74, 6) is 0. The van der Waals surface area contributed by atoms with Crippen molar-refractivity contribution in [1.82, 2.24) is 0 Å². The zero-order valence-electron chi connectivity index (χ0n) is 8.24. The van der Waals surface area contributed by atoms with Gasteiger partial charge in [0.25, 0.3) is 0 Å². The standard InChI is InChI=1S/C9H13O5P/c1-2-13-15(11,12)14-9(10)8-6-4-3-5-7-8/h3-7,9-10H,2H2,1H3,(H,11,12). The van der Waals surface area contributed by atoms with Crippen LogP contribution in [0.15, 0.2) is 30.3 Å². The molecule has 84 valence electrons. The van der Waals surface area contributed by atoms with Crippen molar-refractivity contribution in [2.45, 2.75) is 13.2 Å². The molecule has 0 amide bonds. The van der Waals surface area contributed by atoms with Gasteiger partial charge in [-0.2, -0.15) is 0 Å². The summed E-state index contributed by atoms with van der Waals surface area (Å²) in [4.78, 5) is 9.10. The second kappa shape index (κ2) is 5.39. The maximum absolute atomic E-state index is 11.1. The van der Waals surface area contributed by atoms with Crippen LogP contribution in [-0.4, -0.2) is 16.6 Å². The van der Waals surface area contributed by atoms with E-state index in [1.165, 1.54) is 0 Å². The Morgan fingerprint density at radius 2 is 2.00 bits per heavy atom. The Morgan fingerprint density at radius 1 is 1.40 bits per heavy atom. The van der Waals surface area contributed by atoms with Gasteiger partial charge in [-0.05, 0) is 6.92 Å². The molecule has 5 nitrogen and oxygen atoms in total. The quantitative estimate of drug-likeness (QED) is 0.598. The van der Waals surface area contributed by atoms with Gasteiger partial charge >= 0.3 is 7.82 Å². The van der Waals surface area contributed by atoms with Crippen LogP contribution < -0.4 is 0 Å². The minimum Gasteiger partial charge on any atom is -0.364 e. The summed E-state index contributed by atoms with van der Waals surface area (Å²) in [5, 5.41) is 9.45. The average Bonchev–Trinajstić information content (AvgIpc) is 2.18. The van der Waals surface area contributed by atoms with Gasteiger partial charge in [-0.3, -0.25) is 9.05 Å². The maximum Gasteiger partial charge on any atom is 0.474 e. The van der Waals surface area contributed by atoms with Crippen molar-refractivity contribution in [3.8, 4) is 0 Å². The molecule has 0 fully saturated rings. The van der Waals surface area contributed by atoms with E-state index in [2.05, 4.69) is 9.05 Å². The Hall–Kier alpha value is -0.710. The highest BCUT2D eigenvalue weighted by Crippen LogP contribution is 2.46. The number of benzene rings is 1. The summed E-state index contributed by atoms with van der Waals surface area (Å²) < 4.78 is 20.1. The summed E-state index contributed by atoms with van der Waals surface area (Å²) in [6.45, 7) is 1.59. The Bertz CT molecular complexity index is 340. The molecule has 0 heterocycles. The number of hydrogen-bond donors (Lipinski definition) is 2. The number of phosphoric acid groups is 1. The monoisotopic (exact) mass is 232 g/mol. The predicted octanol–water partition coefficient (Wildman–Crippen LogP) is 1.83. The molecule has 0 saturated carbocycles. The van der Waals surface area contributed by atoms with Crippen molar-refractivity contribution in [2.24, 2.45) is 0 Å². The second-order valence-electron chi connectivity index (χ2n) is 2.75. The van der Waals surface area contributed by atoms with Crippen LogP contribution in [-0.2, 0) is 13.6 Å². The zero-order valence-corrected chi connectivity index (χ0v) is 9.13. The lowest BCUT2D eigenvalue weighted by molar-refractivity contribution is -0.0441. The second-order valence-corrected chi connectivity index (χ2v) is 4.16. The predicted molar refractivity (Wildman–Crippen MR) is 53.9 cm³/mol. The van der Waals surface area contributed by atoms with Crippen molar-refractivity contribution in [1.29, 1.82) is 0 Å². The Labute approximate surface area is 87.9 Å². The fourth-order valence-electron chi connectivity index (χ4n) is 0.998. The fourth-order valence-corrected chi connectivity index (χ4v) is 1.76. The number of aliphatic hydroxyl groups excluding tert-OH is 1. The molecule has 0 aliphatic heterocycles. The molecule has 6 heteroatoms. The van der Waals surface area contributed by atoms with Crippen LogP contribution in [0.3, 0.4) is 0 Å². The topological polar surface area (TPSA) is 76.0 Å². The van der Waals surface area contributed by atoms with Crippen LogP contribution >= 0.6 is 7.82 Å². The Morgan fingerprint density at radius 3 is 2.53 bits per heavy atom. The molecule has 0 saturated heterocycles. The lowest BCUT2D eigenvalue weighted by atomic mass is 10.2. The molecule has 1 rings (SSSR count). The summed E-state index contributed by atoms with van der Waals surface area (Å²) >= 11 is 0. The summed E-state index contributed by atoms with van der Waals surface area (Å²) in [7, 11) is -4.16. The highest BCUT2D eigenvalue weighted by atomic mass is 31.2. The summed E-state index contributed by atoms with van der Waals surface area (Å²) in [6, 6.07) is 8.29. The van der Waals surface area contributed by atoms with Crippen molar-refractivity contribution in [3.05, 3.63) is 35.9 Å². The molecule has 0 bridgehead atoms. The molecule has 1 aromatic carbocycles. The molecule has 15 heavy (non-hydrogen) atoms. The minimum atomic E-state index is -4.16. The van der Waals surface area contributed by atoms with E-state index in [0.29, 0.717) is 5.56 Å². The third-order valence-corrected chi connectivity index (χ3v) is 2.66. The van der Waals surface area contributed by atoms with E-state index in [9.17, 15) is 9.67 Å². The average molecular weight is 232 g/mol. The number of rotatable bonds is 5. The van der Waals surface area contributed by atoms with Crippen LogP contribution in [0.1, 0.15) is 18.8 Å². The van der Waals surface area contributed by atoms with Gasteiger partial charge in [0.15, 0.2) is 6.29 Å². The van der Waals surface area contributed by atoms with E-state index in [1.54, 1.807) is 37.3 Å². The van der Waals surface area contributed by atoms with Gasteiger partial charge in [-0.15, -0.1) is 0 Å². The Balaban J connectivity index is 2.64. The molecular weight excluding hydrogens is 219 g/mol. The van der Waals surface area contributed by atoms with Gasteiger partial charge in [-0.1, -0.05) is 30.3 Å². The first kappa shape index (κ1) is 12.4. The molecule has 0 aliphatic carbocycles. The smallest absolute Gasteiger partial charge is 0.364 e. The molecule has 2 N–H and O–H groups in total. The number of phosphoric ester groups is 1. The lowest BCUT2D eigenvalue weighted by Crippen LogP contribution is -2.03. The molecule has 2 atom stereocenters. The number of aliphatic hydroxyl groups is 1. The molecule has 0 aliphatic rings. The van der Waals surface area contributed by atoms with Crippen molar-refractivity contribution >= 4 is 7.82 Å². The van der Waals surface area contributed by atoms with Gasteiger partial charge in [0, 0.05) is 5.56 Å². The minimum absolute atomic E-state index is 0.0370. The van der Waals surface area contributed by atoms with Crippen LogP contribution in [0.25, 0.3) is 0 Å². The van der Waals surface area contributed by atoms with Gasteiger partial charge in [-0.25, -0.2) is 4.57 Å². The number of hydrogen-bond acceptors (Lipinski definition) is 4. The van der Waals surface area contributed by atoms with Crippen LogP contribution in [0.4, 0.5) is 0 Å². The van der Waals surface area contributed by atoms with Crippen molar-refractivity contribution in [2.75, 3.05) is 6.61 Å². The molecular formula is C9H13O5P.